The van der Waals surface area contributed by atoms with Gasteiger partial charge in [0.25, 0.3) is 0 Å². The first-order valence-corrected chi connectivity index (χ1v) is 8.15. The number of morpholine rings is 1. The molecule has 0 atom stereocenters. The van der Waals surface area contributed by atoms with E-state index in [0.29, 0.717) is 18.8 Å². The zero-order chi connectivity index (χ0) is 16.6. The van der Waals surface area contributed by atoms with E-state index < -0.39 is 0 Å². The first-order chi connectivity index (χ1) is 11.8. The van der Waals surface area contributed by atoms with Crippen molar-refractivity contribution in [3.8, 4) is 0 Å². The number of ether oxygens (including phenoxy) is 2. The Balaban J connectivity index is 1.61. The normalized spacial score (nSPS) is 14.8. The third-order valence-corrected chi connectivity index (χ3v) is 3.90. The van der Waals surface area contributed by atoms with Crippen molar-refractivity contribution in [2.45, 2.75) is 0 Å². The maximum Gasteiger partial charge on any atom is 0.340 e. The minimum Gasteiger partial charge on any atom is -0.458 e. The van der Waals surface area contributed by atoms with E-state index in [4.69, 9.17) is 9.47 Å². The van der Waals surface area contributed by atoms with Crippen molar-refractivity contribution in [2.24, 2.45) is 0 Å². The number of anilines is 1. The molecule has 1 saturated heterocycles. The Morgan fingerprint density at radius 3 is 2.54 bits per heavy atom. The SMILES string of the molecule is O=C(OC/C=C/c1ccccc1)c1ccccc1N1CCOCC1. The lowest BCUT2D eigenvalue weighted by Crippen LogP contribution is -2.37. The summed E-state index contributed by atoms with van der Waals surface area (Å²) in [5.74, 6) is -0.296. The van der Waals surface area contributed by atoms with E-state index in [0.717, 1.165) is 24.3 Å². The number of benzene rings is 2. The Labute approximate surface area is 142 Å². The molecule has 0 radical (unpaired) electrons. The fourth-order valence-electron chi connectivity index (χ4n) is 2.68. The van der Waals surface area contributed by atoms with Crippen molar-refractivity contribution in [3.63, 3.8) is 0 Å². The number of nitrogens with zero attached hydrogens (tertiary/aromatic N) is 1. The largest absolute Gasteiger partial charge is 0.458 e. The Morgan fingerprint density at radius 2 is 1.75 bits per heavy atom. The zero-order valence-electron chi connectivity index (χ0n) is 13.6. The van der Waals surface area contributed by atoms with Gasteiger partial charge in [-0.05, 0) is 23.8 Å². The van der Waals surface area contributed by atoms with Crippen molar-refractivity contribution in [2.75, 3.05) is 37.8 Å². The molecule has 0 aromatic heterocycles. The number of esters is 1. The molecule has 1 aliphatic heterocycles. The lowest BCUT2D eigenvalue weighted by molar-refractivity contribution is 0.0550. The first-order valence-electron chi connectivity index (χ1n) is 8.15. The van der Waals surface area contributed by atoms with E-state index in [9.17, 15) is 4.79 Å². The predicted octanol–water partition coefficient (Wildman–Crippen LogP) is 3.39. The summed E-state index contributed by atoms with van der Waals surface area (Å²) in [5, 5.41) is 0. The summed E-state index contributed by atoms with van der Waals surface area (Å²) in [7, 11) is 0. The van der Waals surface area contributed by atoms with E-state index in [1.807, 2.05) is 66.7 Å². The van der Waals surface area contributed by atoms with Crippen LogP contribution in [0.4, 0.5) is 5.69 Å². The lowest BCUT2D eigenvalue weighted by Gasteiger charge is -2.30. The molecule has 1 heterocycles. The first kappa shape index (κ1) is 16.3. The van der Waals surface area contributed by atoms with Gasteiger partial charge in [0.2, 0.25) is 0 Å². The minimum absolute atomic E-state index is 0.255. The molecule has 1 fully saturated rings. The molecule has 4 nitrogen and oxygen atoms in total. The maximum atomic E-state index is 12.4. The van der Waals surface area contributed by atoms with Gasteiger partial charge in [-0.1, -0.05) is 48.5 Å². The van der Waals surface area contributed by atoms with Crippen LogP contribution in [0.15, 0.2) is 60.7 Å². The van der Waals surface area contributed by atoms with Crippen molar-refractivity contribution in [1.29, 1.82) is 0 Å². The van der Waals surface area contributed by atoms with Crippen molar-refractivity contribution in [1.82, 2.24) is 0 Å². The van der Waals surface area contributed by atoms with Crippen molar-refractivity contribution in [3.05, 3.63) is 71.8 Å². The molecule has 3 rings (SSSR count). The van der Waals surface area contributed by atoms with Gasteiger partial charge in [-0.2, -0.15) is 0 Å². The highest BCUT2D eigenvalue weighted by molar-refractivity contribution is 5.96. The lowest BCUT2D eigenvalue weighted by atomic mass is 10.1. The Bertz CT molecular complexity index is 691. The van der Waals surface area contributed by atoms with Crippen LogP contribution in [-0.4, -0.2) is 38.9 Å². The van der Waals surface area contributed by atoms with E-state index in [1.54, 1.807) is 0 Å². The Morgan fingerprint density at radius 1 is 1.04 bits per heavy atom. The second-order valence-corrected chi connectivity index (χ2v) is 5.53. The highest BCUT2D eigenvalue weighted by Gasteiger charge is 2.18. The van der Waals surface area contributed by atoms with Gasteiger partial charge in [-0.15, -0.1) is 0 Å². The molecule has 0 amide bonds. The van der Waals surface area contributed by atoms with Gasteiger partial charge in [0.1, 0.15) is 6.61 Å². The van der Waals surface area contributed by atoms with E-state index in [-0.39, 0.29) is 12.6 Å². The summed E-state index contributed by atoms with van der Waals surface area (Å²) < 4.78 is 10.8. The topological polar surface area (TPSA) is 38.8 Å². The fraction of sp³-hybridized carbons (Fsp3) is 0.250. The molecule has 124 valence electrons. The van der Waals surface area contributed by atoms with Crippen LogP contribution in [-0.2, 0) is 9.47 Å². The summed E-state index contributed by atoms with van der Waals surface area (Å²) in [4.78, 5) is 14.6. The van der Waals surface area contributed by atoms with Crippen molar-refractivity contribution >= 4 is 17.7 Å². The monoisotopic (exact) mass is 323 g/mol. The van der Waals surface area contributed by atoms with E-state index in [2.05, 4.69) is 4.90 Å². The molecular weight excluding hydrogens is 302 g/mol. The van der Waals surface area contributed by atoms with Crippen LogP contribution in [0.5, 0.6) is 0 Å². The number of carbonyl (C=O) groups is 1. The molecule has 0 spiro atoms. The van der Waals surface area contributed by atoms with Gasteiger partial charge in [-0.25, -0.2) is 4.79 Å². The van der Waals surface area contributed by atoms with Gasteiger partial charge in [0.05, 0.1) is 24.5 Å². The zero-order valence-corrected chi connectivity index (χ0v) is 13.6. The molecule has 1 aliphatic rings. The second-order valence-electron chi connectivity index (χ2n) is 5.53. The quantitative estimate of drug-likeness (QED) is 0.791. The summed E-state index contributed by atoms with van der Waals surface area (Å²) in [6.07, 6.45) is 3.80. The summed E-state index contributed by atoms with van der Waals surface area (Å²) in [5.41, 5.74) is 2.60. The molecule has 4 heteroatoms. The van der Waals surface area contributed by atoms with Gasteiger partial charge in [-0.3, -0.25) is 0 Å². The number of hydrogen-bond acceptors (Lipinski definition) is 4. The average Bonchev–Trinajstić information content (AvgIpc) is 2.66. The molecule has 0 unspecified atom stereocenters. The van der Waals surface area contributed by atoms with Gasteiger partial charge in [0, 0.05) is 13.1 Å². The summed E-state index contributed by atoms with van der Waals surface area (Å²) >= 11 is 0. The Kier molecular flexibility index (Phi) is 5.64. The van der Waals surface area contributed by atoms with Crippen LogP contribution in [0, 0.1) is 0 Å². The molecule has 24 heavy (non-hydrogen) atoms. The number of hydrogen-bond donors (Lipinski definition) is 0. The van der Waals surface area contributed by atoms with Gasteiger partial charge >= 0.3 is 5.97 Å². The third-order valence-electron chi connectivity index (χ3n) is 3.90. The molecule has 2 aromatic carbocycles. The standard InChI is InChI=1S/C20H21NO3/c22-20(24-14-6-9-17-7-2-1-3-8-17)18-10-4-5-11-19(18)21-12-15-23-16-13-21/h1-11H,12-16H2/b9-6+. The van der Waals surface area contributed by atoms with Crippen LogP contribution >= 0.6 is 0 Å². The molecule has 0 bridgehead atoms. The fourth-order valence-corrected chi connectivity index (χ4v) is 2.68. The van der Waals surface area contributed by atoms with Crippen LogP contribution < -0.4 is 4.90 Å². The van der Waals surface area contributed by atoms with Gasteiger partial charge < -0.3 is 14.4 Å². The smallest absolute Gasteiger partial charge is 0.340 e. The Hall–Kier alpha value is -2.59. The maximum absolute atomic E-state index is 12.4. The van der Waals surface area contributed by atoms with E-state index in [1.165, 1.54) is 0 Å². The van der Waals surface area contributed by atoms with Gasteiger partial charge in [0.15, 0.2) is 0 Å². The van der Waals surface area contributed by atoms with Crippen molar-refractivity contribution < 1.29 is 14.3 Å². The van der Waals surface area contributed by atoms with Crippen LogP contribution in [0.25, 0.3) is 6.08 Å². The second kappa shape index (κ2) is 8.31. The number of para-hydroxylation sites is 1. The minimum atomic E-state index is -0.296. The number of carbonyl (C=O) groups excluding carboxylic acids is 1. The van der Waals surface area contributed by atoms with E-state index >= 15 is 0 Å². The molecule has 0 N–H and O–H groups in total. The predicted molar refractivity (Wildman–Crippen MR) is 95.2 cm³/mol. The molecule has 2 aromatic rings. The molecular formula is C20H21NO3. The van der Waals surface area contributed by atoms with Crippen LogP contribution in [0.1, 0.15) is 15.9 Å². The average molecular weight is 323 g/mol. The third kappa shape index (κ3) is 4.24. The van der Waals surface area contributed by atoms with Crippen LogP contribution in [0.2, 0.25) is 0 Å². The highest BCUT2D eigenvalue weighted by Crippen LogP contribution is 2.22. The summed E-state index contributed by atoms with van der Waals surface area (Å²) in [6.45, 7) is 3.20. The summed E-state index contributed by atoms with van der Waals surface area (Å²) in [6, 6.07) is 17.5. The highest BCUT2D eigenvalue weighted by atomic mass is 16.5. The van der Waals surface area contributed by atoms with Crippen LogP contribution in [0.3, 0.4) is 0 Å². The molecule has 0 aliphatic carbocycles. The number of rotatable bonds is 5. The molecule has 0 saturated carbocycles.